The van der Waals surface area contributed by atoms with Crippen LogP contribution in [0, 0.1) is 27.1 Å². The third-order valence-electron chi connectivity index (χ3n) is 25.4. The molecule has 0 radical (unpaired) electrons. The normalized spacial score (nSPS) is 18.1. The van der Waals surface area contributed by atoms with Crippen molar-refractivity contribution in [3.63, 3.8) is 0 Å². The second-order valence-corrected chi connectivity index (χ2v) is 30.1. The summed E-state index contributed by atoms with van der Waals surface area (Å²) >= 11 is 0. The van der Waals surface area contributed by atoms with Crippen molar-refractivity contribution in [3.8, 4) is 0 Å². The Kier molecular flexibility index (Phi) is 51.6. The molecule has 0 aromatic heterocycles. The number of methoxy groups -OCH3 is 20. The maximum absolute atomic E-state index is 12.2. The van der Waals surface area contributed by atoms with Crippen LogP contribution >= 0.6 is 0 Å². The molecule has 0 N–H and O–H groups in total. The summed E-state index contributed by atoms with van der Waals surface area (Å²) in [6.07, 6.45) is 0.212. The van der Waals surface area contributed by atoms with Crippen molar-refractivity contribution in [2.45, 2.75) is 322 Å². The van der Waals surface area contributed by atoms with Crippen LogP contribution in [-0.2, 0) is 139 Å². The van der Waals surface area contributed by atoms with Crippen LogP contribution in [0.25, 0.3) is 0 Å². The van der Waals surface area contributed by atoms with E-state index in [9.17, 15) is 51.1 Å². The summed E-state index contributed by atoms with van der Waals surface area (Å²) < 4.78 is 112. The summed E-state index contributed by atoms with van der Waals surface area (Å²) in [5, 5.41) is 122. The van der Waals surface area contributed by atoms with Gasteiger partial charge in [-0.1, -0.05) is 138 Å². The molecule has 10 atom stereocenters. The molecule has 0 aromatic rings. The first-order valence-corrected chi connectivity index (χ1v) is 35.2. The fourth-order valence-corrected chi connectivity index (χ4v) is 14.5. The molecule has 107 heavy (non-hydrogen) atoms. The predicted molar refractivity (Wildman–Crippen MR) is 377 cm³/mol. The molecule has 0 bridgehead atoms. The molecule has 0 saturated carbocycles. The van der Waals surface area contributed by atoms with Crippen molar-refractivity contribution in [2.75, 3.05) is 142 Å². The van der Waals surface area contributed by atoms with E-state index in [1.54, 1.807) is 104 Å². The second-order valence-electron chi connectivity index (χ2n) is 30.1. The van der Waals surface area contributed by atoms with Crippen LogP contribution in [0.3, 0.4) is 0 Å². The summed E-state index contributed by atoms with van der Waals surface area (Å²) in [6.45, 7) is 38.8. The summed E-state index contributed by atoms with van der Waals surface area (Å²) in [5.41, 5.74) is -13.4. The average Bonchev–Trinajstić information content (AvgIpc) is 0.754. The van der Waals surface area contributed by atoms with E-state index in [1.165, 1.54) is 142 Å². The van der Waals surface area contributed by atoms with Crippen LogP contribution < -0.4 is 51.1 Å². The monoisotopic (exact) mass is 1890 g/mol. The Morgan fingerprint density at radius 3 is 0.299 bits per heavy atom. The van der Waals surface area contributed by atoms with Gasteiger partial charge in [0, 0.05) is 142 Å². The minimum Gasteiger partial charge on any atom is -0.863 e. The molecular formula is C75H150O30Ta2. The molecule has 0 aromatic carbocycles. The van der Waals surface area contributed by atoms with Gasteiger partial charge in [0.05, 0.1) is 0 Å². The molecule has 0 saturated heterocycles. The fourth-order valence-electron chi connectivity index (χ4n) is 14.5. The van der Waals surface area contributed by atoms with Crippen molar-refractivity contribution in [2.24, 2.45) is 27.1 Å². The van der Waals surface area contributed by atoms with Crippen molar-refractivity contribution < 1.29 is 191 Å². The van der Waals surface area contributed by atoms with Gasteiger partial charge in [0.1, 0.15) is 58.5 Å². The zero-order valence-corrected chi connectivity index (χ0v) is 81.0. The van der Waals surface area contributed by atoms with E-state index < -0.39 is 143 Å². The van der Waals surface area contributed by atoms with E-state index in [4.69, 9.17) is 94.7 Å². The number of hydrogen-bond donors (Lipinski definition) is 0. The number of ether oxygens (including phenoxy) is 20. The summed E-state index contributed by atoms with van der Waals surface area (Å²) in [7, 11) is 29.3. The third kappa shape index (κ3) is 21.8. The van der Waals surface area contributed by atoms with Crippen LogP contribution in [-0.4, -0.2) is 259 Å². The van der Waals surface area contributed by atoms with Gasteiger partial charge in [-0.25, -0.2) is 28.9 Å². The zero-order chi connectivity index (χ0) is 85.6. The molecule has 0 fully saturated rings. The van der Waals surface area contributed by atoms with Crippen molar-refractivity contribution in [3.05, 3.63) is 0 Å². The maximum atomic E-state index is 12.2. The summed E-state index contributed by atoms with van der Waals surface area (Å²) in [5.74, 6) is -19.6. The van der Waals surface area contributed by atoms with Crippen LogP contribution in [0.2, 0.25) is 0 Å². The summed E-state index contributed by atoms with van der Waals surface area (Å²) in [6, 6.07) is 0. The average molecular weight is 1890 g/mol. The van der Waals surface area contributed by atoms with E-state index in [0.717, 1.165) is 34.6 Å². The van der Waals surface area contributed by atoms with Crippen LogP contribution in [0.1, 0.15) is 205 Å². The van der Waals surface area contributed by atoms with E-state index in [1.807, 2.05) is 34.6 Å². The van der Waals surface area contributed by atoms with E-state index in [0.29, 0.717) is 32.1 Å². The van der Waals surface area contributed by atoms with Crippen molar-refractivity contribution >= 4 is 0 Å². The SMILES string of the molecule is CCC(OC)C(OC)(OC)C(C)(OC)C(C)(C)C(C)([O-])[O-].CCC(OC)C(OC)(OC)C(C)(OC)C(C)(C)C(C)([O-])[O-].CCC(OC)C(OC)(OC)C(C)(OC)C(C)(C)C(C)([O-])[O-].CCC(OC)C(OC)(OC)C(C)(OC)C(C)(C)C(C)([O-])[O-].CCC(OC)C(OC)(OC)C(C)(OC)C(C)(C)C(C)([O-])[O-].[Ta+5].[Ta+5]. The quantitative estimate of drug-likeness (QED) is 0.0776. The van der Waals surface area contributed by atoms with Gasteiger partial charge in [-0.15, -0.1) is 0 Å². The molecular weight excluding hydrogens is 1740 g/mol. The standard InChI is InChI=1S/5C15H30O6.2Ta/c5*1-10-11(18-6)15(20-8,21-9)13(4,19-7)12(2,3)14(5,16)17;;/h5*11H,10H2,1-9H3;;/q5*-2;2*+5. The molecule has 0 rings (SSSR count). The third-order valence-corrected chi connectivity index (χ3v) is 25.4. The maximum Gasteiger partial charge on any atom is 5.00 e. The van der Waals surface area contributed by atoms with Gasteiger partial charge < -0.3 is 146 Å². The summed E-state index contributed by atoms with van der Waals surface area (Å²) in [4.78, 5) is 0. The molecule has 0 spiro atoms. The van der Waals surface area contributed by atoms with Crippen molar-refractivity contribution in [1.29, 1.82) is 0 Å². The van der Waals surface area contributed by atoms with Crippen LogP contribution in [0.15, 0.2) is 0 Å². The minimum atomic E-state index is -2.52. The number of rotatable bonds is 45. The smallest absolute Gasteiger partial charge is 0.863 e. The first kappa shape index (κ1) is 121. The topological polar surface area (TPSA) is 415 Å². The largest absolute Gasteiger partial charge is 5.00 e. The zero-order valence-electron chi connectivity index (χ0n) is 74.6. The van der Waals surface area contributed by atoms with Gasteiger partial charge in [0.25, 0.3) is 0 Å². The molecule has 0 aliphatic heterocycles. The van der Waals surface area contributed by atoms with Gasteiger partial charge in [0.15, 0.2) is 0 Å². The number of hydrogen-bond acceptors (Lipinski definition) is 30. The Bertz CT molecular complexity index is 1960. The van der Waals surface area contributed by atoms with Crippen LogP contribution in [0.5, 0.6) is 0 Å². The molecule has 0 amide bonds. The fraction of sp³-hybridized carbons (Fsp3) is 1.00. The first-order chi connectivity index (χ1) is 47.3. The van der Waals surface area contributed by atoms with E-state index in [2.05, 4.69) is 0 Å². The van der Waals surface area contributed by atoms with Gasteiger partial charge in [-0.2, -0.15) is 0 Å². The Morgan fingerprint density at radius 2 is 0.262 bits per heavy atom. The molecule has 0 aliphatic rings. The molecule has 640 valence electrons. The first-order valence-electron chi connectivity index (χ1n) is 35.2. The Morgan fingerprint density at radius 1 is 0.178 bits per heavy atom. The van der Waals surface area contributed by atoms with E-state index in [-0.39, 0.29) is 44.8 Å². The van der Waals surface area contributed by atoms with Gasteiger partial charge in [-0.05, 0) is 93.8 Å². The van der Waals surface area contributed by atoms with Gasteiger partial charge in [0.2, 0.25) is 28.9 Å². The molecule has 0 heterocycles. The Hall–Kier alpha value is 0.281. The molecule has 0 aliphatic carbocycles. The molecule has 10 unspecified atom stereocenters. The van der Waals surface area contributed by atoms with E-state index >= 15 is 0 Å². The Labute approximate surface area is 677 Å². The van der Waals surface area contributed by atoms with Crippen molar-refractivity contribution in [1.82, 2.24) is 0 Å². The van der Waals surface area contributed by atoms with Gasteiger partial charge in [-0.3, -0.25) is 0 Å². The van der Waals surface area contributed by atoms with Crippen LogP contribution in [0.4, 0.5) is 0 Å². The van der Waals surface area contributed by atoms with Gasteiger partial charge >= 0.3 is 44.8 Å². The Balaban J connectivity index is -0.000000233. The molecule has 30 nitrogen and oxygen atoms in total. The minimum absolute atomic E-state index is 0. The second kappa shape index (κ2) is 45.9. The molecule has 32 heteroatoms. The predicted octanol–water partition coefficient (Wildman–Crippen LogP) is 1.34.